The van der Waals surface area contributed by atoms with Gasteiger partial charge in [0.15, 0.2) is 0 Å². The number of ether oxygens (including phenoxy) is 1. The summed E-state index contributed by atoms with van der Waals surface area (Å²) in [6.45, 7) is 14.1. The maximum atomic E-state index is 4.90. The molecular weight excluding hydrogens is 198 g/mol. The second-order valence-electron chi connectivity index (χ2n) is 2.06. The molecule has 1 aromatic heterocycles. The molecule has 1 rings (SSSR count). The van der Waals surface area contributed by atoms with Gasteiger partial charge in [0.1, 0.15) is 0 Å². The molecule has 16 heavy (non-hydrogen) atoms. The normalized spacial score (nSPS) is 7.00. The van der Waals surface area contributed by atoms with Crippen LogP contribution in [0.4, 0.5) is 0 Å². The van der Waals surface area contributed by atoms with Crippen molar-refractivity contribution in [1.82, 2.24) is 4.98 Å². The van der Waals surface area contributed by atoms with E-state index < -0.39 is 0 Å². The monoisotopic (exact) mass is 227 g/mol. The smallest absolute Gasteiger partial charge is 0.212 e. The minimum absolute atomic E-state index is 0.678. The third-order valence-corrected chi connectivity index (χ3v) is 1.41. The van der Waals surface area contributed by atoms with Crippen LogP contribution >= 0.6 is 0 Å². The second kappa shape index (κ2) is 19.5. The first-order valence-corrected chi connectivity index (χ1v) is 6.35. The zero-order chi connectivity index (χ0) is 13.4. The number of hydrogen-bond acceptors (Lipinski definition) is 2. The van der Waals surface area contributed by atoms with E-state index >= 15 is 0 Å². The minimum Gasteiger partial charge on any atom is -0.481 e. The fourth-order valence-corrected chi connectivity index (χ4v) is 0.741. The Morgan fingerprint density at radius 1 is 1.00 bits per heavy atom. The van der Waals surface area contributed by atoms with Crippen molar-refractivity contribution in [2.45, 2.75) is 54.9 Å². The zero-order valence-corrected chi connectivity index (χ0v) is 12.3. The van der Waals surface area contributed by atoms with E-state index in [0.717, 1.165) is 6.42 Å². The molecule has 2 nitrogen and oxygen atoms in total. The van der Waals surface area contributed by atoms with Crippen LogP contribution in [0.15, 0.2) is 18.3 Å². The molecule has 0 saturated heterocycles. The van der Waals surface area contributed by atoms with E-state index in [0.29, 0.717) is 5.88 Å². The number of aromatic nitrogens is 1. The number of methoxy groups -OCH3 is 1. The highest BCUT2D eigenvalue weighted by Gasteiger charge is 1.90. The standard InChI is InChI=1S/C8H11NO.3C2H6/c1-3-7-4-5-8(10-2)9-6-7;3*1-2/h4-6H,3H2,1-2H3;3*1-2H3. The van der Waals surface area contributed by atoms with Crippen molar-refractivity contribution in [2.75, 3.05) is 7.11 Å². The number of hydrogen-bond donors (Lipinski definition) is 0. The molecule has 0 fully saturated rings. The third kappa shape index (κ3) is 11.0. The first kappa shape index (κ1) is 20.4. The van der Waals surface area contributed by atoms with Gasteiger partial charge in [-0.3, -0.25) is 0 Å². The van der Waals surface area contributed by atoms with Crippen LogP contribution in [0.5, 0.6) is 5.88 Å². The van der Waals surface area contributed by atoms with Crippen LogP contribution in [-0.2, 0) is 6.42 Å². The molecule has 0 radical (unpaired) electrons. The van der Waals surface area contributed by atoms with Crippen LogP contribution in [0.2, 0.25) is 0 Å². The number of aryl methyl sites for hydroxylation is 1. The average Bonchev–Trinajstić information content (AvgIpc) is 2.45. The maximum absolute atomic E-state index is 4.90. The van der Waals surface area contributed by atoms with Crippen LogP contribution in [0, 0.1) is 0 Å². The molecule has 1 aromatic rings. The summed E-state index contributed by atoms with van der Waals surface area (Å²) in [5.74, 6) is 0.678. The van der Waals surface area contributed by atoms with Gasteiger partial charge in [-0.25, -0.2) is 4.98 Å². The SMILES string of the molecule is CC.CC.CC.CCc1ccc(OC)nc1. The van der Waals surface area contributed by atoms with Gasteiger partial charge in [-0.15, -0.1) is 0 Å². The fourth-order valence-electron chi connectivity index (χ4n) is 0.741. The van der Waals surface area contributed by atoms with Crippen LogP contribution in [0.25, 0.3) is 0 Å². The largest absolute Gasteiger partial charge is 0.481 e. The number of pyridine rings is 1. The van der Waals surface area contributed by atoms with Crippen molar-refractivity contribution >= 4 is 0 Å². The summed E-state index contributed by atoms with van der Waals surface area (Å²) in [4.78, 5) is 4.05. The van der Waals surface area contributed by atoms with Gasteiger partial charge in [-0.05, 0) is 12.0 Å². The quantitative estimate of drug-likeness (QED) is 0.728. The van der Waals surface area contributed by atoms with Crippen LogP contribution in [-0.4, -0.2) is 12.1 Å². The second-order valence-corrected chi connectivity index (χ2v) is 2.06. The topological polar surface area (TPSA) is 22.1 Å². The Bertz CT molecular complexity index is 171. The van der Waals surface area contributed by atoms with E-state index in [2.05, 4.69) is 11.9 Å². The van der Waals surface area contributed by atoms with Crippen LogP contribution < -0.4 is 4.74 Å². The zero-order valence-electron chi connectivity index (χ0n) is 12.3. The average molecular weight is 227 g/mol. The molecule has 2 heteroatoms. The van der Waals surface area contributed by atoms with Gasteiger partial charge in [0, 0.05) is 12.3 Å². The Morgan fingerprint density at radius 2 is 1.50 bits per heavy atom. The van der Waals surface area contributed by atoms with E-state index in [-0.39, 0.29) is 0 Å². The third-order valence-electron chi connectivity index (χ3n) is 1.41. The van der Waals surface area contributed by atoms with Gasteiger partial charge >= 0.3 is 0 Å². The van der Waals surface area contributed by atoms with Crippen molar-refractivity contribution in [3.05, 3.63) is 23.9 Å². The van der Waals surface area contributed by atoms with E-state index in [9.17, 15) is 0 Å². The fraction of sp³-hybridized carbons (Fsp3) is 0.643. The summed E-state index contributed by atoms with van der Waals surface area (Å²) in [7, 11) is 1.62. The van der Waals surface area contributed by atoms with Crippen molar-refractivity contribution < 1.29 is 4.74 Å². The van der Waals surface area contributed by atoms with Gasteiger partial charge in [0.25, 0.3) is 0 Å². The summed E-state index contributed by atoms with van der Waals surface area (Å²) in [6, 6.07) is 3.89. The summed E-state index contributed by atoms with van der Waals surface area (Å²) in [6.07, 6.45) is 2.86. The van der Waals surface area contributed by atoms with E-state index in [1.807, 2.05) is 59.9 Å². The molecule has 0 aromatic carbocycles. The predicted octanol–water partition coefficient (Wildman–Crippen LogP) is 4.73. The summed E-state index contributed by atoms with van der Waals surface area (Å²) < 4.78 is 4.90. The highest BCUT2D eigenvalue weighted by atomic mass is 16.5. The first-order chi connectivity index (χ1) is 7.86. The van der Waals surface area contributed by atoms with Crippen molar-refractivity contribution in [1.29, 1.82) is 0 Å². The van der Waals surface area contributed by atoms with E-state index in [1.165, 1.54) is 5.56 Å². The Kier molecular flexibility index (Phi) is 24.8. The molecule has 0 saturated carbocycles. The molecule has 0 bridgehead atoms. The molecule has 0 atom stereocenters. The minimum atomic E-state index is 0.678. The molecule has 0 aliphatic heterocycles. The molecule has 0 spiro atoms. The van der Waals surface area contributed by atoms with E-state index in [4.69, 9.17) is 4.74 Å². The Balaban J connectivity index is -0.000000245. The molecule has 1 heterocycles. The lowest BCUT2D eigenvalue weighted by molar-refractivity contribution is 0.397. The molecule has 0 N–H and O–H groups in total. The molecule has 0 aliphatic carbocycles. The molecule has 0 amide bonds. The Morgan fingerprint density at radius 3 is 1.75 bits per heavy atom. The van der Waals surface area contributed by atoms with Gasteiger partial charge in [0.05, 0.1) is 7.11 Å². The van der Waals surface area contributed by atoms with Gasteiger partial charge in [-0.1, -0.05) is 54.5 Å². The van der Waals surface area contributed by atoms with Crippen molar-refractivity contribution in [3.63, 3.8) is 0 Å². The van der Waals surface area contributed by atoms with E-state index in [1.54, 1.807) is 7.11 Å². The first-order valence-electron chi connectivity index (χ1n) is 6.35. The highest BCUT2D eigenvalue weighted by molar-refractivity contribution is 5.17. The molecule has 0 unspecified atom stereocenters. The molecular formula is C14H29NO. The number of rotatable bonds is 2. The van der Waals surface area contributed by atoms with Crippen LogP contribution in [0.3, 0.4) is 0 Å². The molecule has 0 aliphatic rings. The van der Waals surface area contributed by atoms with Gasteiger partial charge in [-0.2, -0.15) is 0 Å². The van der Waals surface area contributed by atoms with Crippen LogP contribution in [0.1, 0.15) is 54.0 Å². The van der Waals surface area contributed by atoms with Gasteiger partial charge in [0.2, 0.25) is 5.88 Å². The van der Waals surface area contributed by atoms with Gasteiger partial charge < -0.3 is 4.74 Å². The highest BCUT2D eigenvalue weighted by Crippen LogP contribution is 2.06. The number of nitrogens with zero attached hydrogens (tertiary/aromatic N) is 1. The predicted molar refractivity (Wildman–Crippen MR) is 74.2 cm³/mol. The Labute approximate surface area is 102 Å². The lowest BCUT2D eigenvalue weighted by Crippen LogP contribution is -1.87. The summed E-state index contributed by atoms with van der Waals surface area (Å²) in [5.41, 5.74) is 1.24. The summed E-state index contributed by atoms with van der Waals surface area (Å²) in [5, 5.41) is 0. The summed E-state index contributed by atoms with van der Waals surface area (Å²) >= 11 is 0. The van der Waals surface area contributed by atoms with Crippen molar-refractivity contribution in [3.8, 4) is 5.88 Å². The lowest BCUT2D eigenvalue weighted by Gasteiger charge is -1.97. The maximum Gasteiger partial charge on any atom is 0.212 e. The van der Waals surface area contributed by atoms with Crippen molar-refractivity contribution in [2.24, 2.45) is 0 Å². The Hall–Kier alpha value is -1.05. The lowest BCUT2D eigenvalue weighted by atomic mass is 10.2. The molecule has 96 valence electrons.